The van der Waals surface area contributed by atoms with Gasteiger partial charge < -0.3 is 9.64 Å². The van der Waals surface area contributed by atoms with Crippen molar-refractivity contribution in [3.05, 3.63) is 34.1 Å². The van der Waals surface area contributed by atoms with Crippen LogP contribution in [0.5, 0.6) is 0 Å². The van der Waals surface area contributed by atoms with E-state index in [-0.39, 0.29) is 12.4 Å². The number of nitro benzene ring substituents is 1. The molecule has 1 heterocycles. The molecule has 7 nitrogen and oxygen atoms in total. The lowest BCUT2D eigenvalue weighted by atomic mass is 10.2. The van der Waals surface area contributed by atoms with Crippen LogP contribution in [0, 0.1) is 15.9 Å². The van der Waals surface area contributed by atoms with Crippen LogP contribution in [0.3, 0.4) is 0 Å². The molecule has 1 aliphatic rings. The minimum absolute atomic E-state index is 0.124. The molecule has 22 heavy (non-hydrogen) atoms. The molecule has 8 heteroatoms. The van der Waals surface area contributed by atoms with Gasteiger partial charge in [-0.05, 0) is 32.9 Å². The highest BCUT2D eigenvalue weighted by Gasteiger charge is 2.32. The molecule has 2 rings (SSSR count). The van der Waals surface area contributed by atoms with Crippen molar-refractivity contribution in [2.45, 2.75) is 26.4 Å². The summed E-state index contributed by atoms with van der Waals surface area (Å²) in [5.74, 6) is -0.891. The van der Waals surface area contributed by atoms with Gasteiger partial charge in [0.2, 0.25) is 5.82 Å². The maximum Gasteiger partial charge on any atom is 0.411 e. The van der Waals surface area contributed by atoms with Crippen LogP contribution >= 0.6 is 0 Å². The number of nitrogens with zero attached hydrogens (tertiary/aromatic N) is 3. The Labute approximate surface area is 127 Å². The van der Waals surface area contributed by atoms with E-state index in [1.54, 1.807) is 25.7 Å². The summed E-state index contributed by atoms with van der Waals surface area (Å²) in [7, 11) is 0. The summed E-state index contributed by atoms with van der Waals surface area (Å²) in [6.45, 7) is 6.15. The molecule has 1 fully saturated rings. The molecule has 0 bridgehead atoms. The number of para-hydroxylation sites is 1. The van der Waals surface area contributed by atoms with Gasteiger partial charge >= 0.3 is 11.8 Å². The molecule has 0 aromatic heterocycles. The second-order valence-corrected chi connectivity index (χ2v) is 6.01. The Kier molecular flexibility index (Phi) is 4.20. The Hall–Kier alpha value is -2.38. The van der Waals surface area contributed by atoms with Crippen LogP contribution in [-0.4, -0.2) is 41.3 Å². The zero-order chi connectivity index (χ0) is 16.5. The first-order valence-electron chi connectivity index (χ1n) is 6.85. The number of anilines is 1. The van der Waals surface area contributed by atoms with Crippen LogP contribution in [0.15, 0.2) is 18.2 Å². The Morgan fingerprint density at radius 3 is 2.64 bits per heavy atom. The molecule has 0 atom stereocenters. The van der Waals surface area contributed by atoms with Gasteiger partial charge in [-0.3, -0.25) is 15.0 Å². The topological polar surface area (TPSA) is 75.9 Å². The third-order valence-corrected chi connectivity index (χ3v) is 3.12. The van der Waals surface area contributed by atoms with Gasteiger partial charge in [-0.15, -0.1) is 0 Å². The van der Waals surface area contributed by atoms with Crippen LogP contribution in [0.4, 0.5) is 20.6 Å². The number of rotatable bonds is 2. The highest BCUT2D eigenvalue weighted by Crippen LogP contribution is 2.32. The molecular weight excluding hydrogens is 293 g/mol. The Bertz CT molecular complexity index is 600. The number of ether oxygens (including phenoxy) is 1. The predicted molar refractivity (Wildman–Crippen MR) is 78.2 cm³/mol. The van der Waals surface area contributed by atoms with E-state index in [1.807, 2.05) is 0 Å². The predicted octanol–water partition coefficient (Wildman–Crippen LogP) is 2.75. The Balaban J connectivity index is 2.16. The quantitative estimate of drug-likeness (QED) is 0.620. The molecule has 1 aliphatic heterocycles. The van der Waals surface area contributed by atoms with E-state index in [4.69, 9.17) is 4.74 Å². The van der Waals surface area contributed by atoms with E-state index in [0.717, 1.165) is 6.07 Å². The van der Waals surface area contributed by atoms with Crippen molar-refractivity contribution >= 4 is 17.5 Å². The summed E-state index contributed by atoms with van der Waals surface area (Å²) in [6, 6.07) is 3.93. The lowest BCUT2D eigenvalue weighted by Gasteiger charge is -2.24. The van der Waals surface area contributed by atoms with Crippen molar-refractivity contribution in [2.75, 3.05) is 24.7 Å². The molecule has 0 radical (unpaired) electrons. The molecule has 0 aliphatic carbocycles. The average molecular weight is 311 g/mol. The SMILES string of the molecule is CC(C)(C)OC(=O)N1CCN(c2cccc(F)c2[N+](=O)[O-])C1. The van der Waals surface area contributed by atoms with Gasteiger partial charge in [-0.1, -0.05) is 6.07 Å². The third-order valence-electron chi connectivity index (χ3n) is 3.12. The number of halogens is 1. The van der Waals surface area contributed by atoms with Gasteiger partial charge in [-0.25, -0.2) is 4.79 Å². The Morgan fingerprint density at radius 1 is 1.36 bits per heavy atom. The highest BCUT2D eigenvalue weighted by molar-refractivity contribution is 5.71. The fourth-order valence-electron chi connectivity index (χ4n) is 2.20. The average Bonchev–Trinajstić information content (AvgIpc) is 2.85. The van der Waals surface area contributed by atoms with Crippen LogP contribution in [0.25, 0.3) is 0 Å². The molecule has 0 N–H and O–H groups in total. The molecule has 0 spiro atoms. The molecular formula is C14H18FN3O4. The number of nitro groups is 1. The second kappa shape index (κ2) is 5.78. The van der Waals surface area contributed by atoms with Gasteiger partial charge in [0.25, 0.3) is 0 Å². The van der Waals surface area contributed by atoms with Gasteiger partial charge in [0.15, 0.2) is 0 Å². The maximum atomic E-state index is 13.7. The summed E-state index contributed by atoms with van der Waals surface area (Å²) in [5, 5.41) is 11.0. The van der Waals surface area contributed by atoms with E-state index in [2.05, 4.69) is 0 Å². The van der Waals surface area contributed by atoms with E-state index in [9.17, 15) is 19.3 Å². The largest absolute Gasteiger partial charge is 0.444 e. The Morgan fingerprint density at radius 2 is 2.05 bits per heavy atom. The normalized spacial score (nSPS) is 15.1. The summed E-state index contributed by atoms with van der Waals surface area (Å²) in [5.41, 5.74) is -1.03. The number of hydrogen-bond acceptors (Lipinski definition) is 5. The summed E-state index contributed by atoms with van der Waals surface area (Å²) in [6.07, 6.45) is -0.492. The summed E-state index contributed by atoms with van der Waals surface area (Å²) in [4.78, 5) is 25.3. The van der Waals surface area contributed by atoms with Gasteiger partial charge in [0.1, 0.15) is 11.3 Å². The van der Waals surface area contributed by atoms with Gasteiger partial charge in [-0.2, -0.15) is 4.39 Å². The van der Waals surface area contributed by atoms with Crippen molar-refractivity contribution in [1.82, 2.24) is 4.90 Å². The van der Waals surface area contributed by atoms with E-state index >= 15 is 0 Å². The van der Waals surface area contributed by atoms with Crippen LogP contribution < -0.4 is 4.90 Å². The molecule has 1 saturated heterocycles. The number of amides is 1. The summed E-state index contributed by atoms with van der Waals surface area (Å²) < 4.78 is 18.9. The first-order chi connectivity index (χ1) is 10.2. The smallest absolute Gasteiger partial charge is 0.411 e. The fraction of sp³-hybridized carbons (Fsp3) is 0.500. The lowest BCUT2D eigenvalue weighted by Crippen LogP contribution is -2.36. The van der Waals surface area contributed by atoms with Crippen LogP contribution in [0.2, 0.25) is 0 Å². The lowest BCUT2D eigenvalue weighted by molar-refractivity contribution is -0.386. The molecule has 1 aromatic carbocycles. The maximum absolute atomic E-state index is 13.7. The summed E-state index contributed by atoms with van der Waals surface area (Å²) >= 11 is 0. The van der Waals surface area contributed by atoms with Crippen molar-refractivity contribution in [3.63, 3.8) is 0 Å². The molecule has 1 amide bonds. The van der Waals surface area contributed by atoms with Gasteiger partial charge in [0.05, 0.1) is 11.6 Å². The zero-order valence-electron chi connectivity index (χ0n) is 12.7. The van der Waals surface area contributed by atoms with Gasteiger partial charge in [0, 0.05) is 13.1 Å². The molecule has 1 aromatic rings. The van der Waals surface area contributed by atoms with Crippen LogP contribution in [-0.2, 0) is 4.74 Å². The van der Waals surface area contributed by atoms with Crippen molar-refractivity contribution in [1.29, 1.82) is 0 Å². The fourth-order valence-corrected chi connectivity index (χ4v) is 2.20. The number of carbonyl (C=O) groups is 1. The van der Waals surface area contributed by atoms with Crippen molar-refractivity contribution in [3.8, 4) is 0 Å². The molecule has 0 unspecified atom stereocenters. The first-order valence-corrected chi connectivity index (χ1v) is 6.85. The number of benzene rings is 1. The minimum atomic E-state index is -0.891. The van der Waals surface area contributed by atoms with E-state index < -0.39 is 28.1 Å². The molecule has 0 saturated carbocycles. The second-order valence-electron chi connectivity index (χ2n) is 6.01. The number of hydrogen-bond donors (Lipinski definition) is 0. The minimum Gasteiger partial charge on any atom is -0.444 e. The van der Waals surface area contributed by atoms with Crippen molar-refractivity contribution in [2.24, 2.45) is 0 Å². The van der Waals surface area contributed by atoms with Crippen LogP contribution in [0.1, 0.15) is 20.8 Å². The van der Waals surface area contributed by atoms with E-state index in [0.29, 0.717) is 13.1 Å². The standard InChI is InChI=1S/C14H18FN3O4/c1-14(2,3)22-13(19)17-8-7-16(9-17)11-6-4-5-10(15)12(11)18(20)21/h4-6H,7-9H2,1-3H3. The highest BCUT2D eigenvalue weighted by atomic mass is 19.1. The zero-order valence-corrected chi connectivity index (χ0v) is 12.7. The monoisotopic (exact) mass is 311 g/mol. The first kappa shape index (κ1) is 16.0. The molecule has 120 valence electrons. The number of carbonyl (C=O) groups excluding carboxylic acids is 1. The van der Waals surface area contributed by atoms with Crippen molar-refractivity contribution < 1.29 is 18.8 Å². The third kappa shape index (κ3) is 3.44. The van der Waals surface area contributed by atoms with E-state index in [1.165, 1.54) is 17.0 Å².